The third-order valence-electron chi connectivity index (χ3n) is 4.37. The second-order valence-electron chi connectivity index (χ2n) is 6.57. The second kappa shape index (κ2) is 8.83. The molecule has 0 saturated heterocycles. The minimum Gasteiger partial charge on any atom is -0.392 e. The van der Waals surface area contributed by atoms with Gasteiger partial charge in [-0.25, -0.2) is 0 Å². The summed E-state index contributed by atoms with van der Waals surface area (Å²) in [5, 5.41) is 4.29. The molecule has 0 N–H and O–H groups in total. The maximum atomic E-state index is 5.72. The zero-order valence-corrected chi connectivity index (χ0v) is 16.1. The first-order valence-electron chi connectivity index (χ1n) is 9.32. The Morgan fingerprint density at radius 3 is 2.48 bits per heavy atom. The fourth-order valence-corrected chi connectivity index (χ4v) is 2.80. The Balaban J connectivity index is 1.51. The first-order valence-corrected chi connectivity index (χ1v) is 9.32. The Morgan fingerprint density at radius 2 is 1.66 bits per heavy atom. The van der Waals surface area contributed by atoms with Crippen molar-refractivity contribution in [3.05, 3.63) is 102 Å². The second-order valence-corrected chi connectivity index (χ2v) is 6.57. The summed E-state index contributed by atoms with van der Waals surface area (Å²) in [6.45, 7) is 2.49. The van der Waals surface area contributed by atoms with E-state index in [0.717, 1.165) is 28.1 Å². The Kier molecular flexibility index (Phi) is 5.60. The number of para-hydroxylation sites is 1. The summed E-state index contributed by atoms with van der Waals surface area (Å²) in [5.41, 5.74) is 5.72. The van der Waals surface area contributed by atoms with E-state index in [1.54, 1.807) is 6.20 Å². The molecule has 0 amide bonds. The first kappa shape index (κ1) is 18.4. The van der Waals surface area contributed by atoms with Crippen LogP contribution in [-0.4, -0.2) is 16.0 Å². The van der Waals surface area contributed by atoms with E-state index in [4.69, 9.17) is 4.84 Å². The van der Waals surface area contributed by atoms with Gasteiger partial charge in [-0.1, -0.05) is 66.2 Å². The molecule has 0 aliphatic carbocycles. The predicted octanol–water partition coefficient (Wildman–Crippen LogP) is 5.62. The topological polar surface area (TPSA) is 51.8 Å². The monoisotopic (exact) mass is 380 g/mol. The smallest absolute Gasteiger partial charge is 0.142 e. The van der Waals surface area contributed by atoms with Crippen molar-refractivity contribution in [1.82, 2.24) is 9.94 Å². The molecule has 3 aromatic carbocycles. The molecule has 4 aromatic rings. The van der Waals surface area contributed by atoms with Crippen LogP contribution in [0.25, 0.3) is 11.1 Å². The van der Waals surface area contributed by atoms with E-state index in [2.05, 4.69) is 21.1 Å². The highest BCUT2D eigenvalue weighted by Gasteiger charge is 2.07. The summed E-state index contributed by atoms with van der Waals surface area (Å²) < 4.78 is 0. The lowest BCUT2D eigenvalue weighted by Crippen LogP contribution is -2.11. The van der Waals surface area contributed by atoms with Crippen LogP contribution in [0.15, 0.2) is 101 Å². The molecule has 29 heavy (non-hydrogen) atoms. The quantitative estimate of drug-likeness (QED) is 0.407. The Labute approximate surface area is 169 Å². The number of nitrogens with zero attached hydrogens (tertiary/aromatic N) is 4. The zero-order chi connectivity index (χ0) is 19.9. The molecule has 0 atom stereocenters. The molecule has 142 valence electrons. The molecular weight excluding hydrogens is 360 g/mol. The van der Waals surface area contributed by atoms with Gasteiger partial charge in [-0.2, -0.15) is 9.98 Å². The van der Waals surface area contributed by atoms with Crippen LogP contribution in [0.4, 0.5) is 11.4 Å². The van der Waals surface area contributed by atoms with Crippen LogP contribution in [-0.2, 0) is 6.61 Å². The number of hydrogen-bond acceptors (Lipinski definition) is 4. The maximum absolute atomic E-state index is 5.72. The van der Waals surface area contributed by atoms with Crippen molar-refractivity contribution in [2.24, 2.45) is 9.98 Å². The molecule has 0 fully saturated rings. The van der Waals surface area contributed by atoms with Gasteiger partial charge in [0.15, 0.2) is 0 Å². The summed E-state index contributed by atoms with van der Waals surface area (Å²) >= 11 is 0. The van der Waals surface area contributed by atoms with Crippen molar-refractivity contribution in [2.75, 3.05) is 0 Å². The van der Waals surface area contributed by atoms with Crippen molar-refractivity contribution >= 4 is 17.4 Å². The van der Waals surface area contributed by atoms with Crippen molar-refractivity contribution < 1.29 is 4.84 Å². The van der Waals surface area contributed by atoms with E-state index in [0.29, 0.717) is 6.61 Å². The predicted molar refractivity (Wildman–Crippen MR) is 115 cm³/mol. The zero-order valence-electron chi connectivity index (χ0n) is 16.1. The molecule has 5 nitrogen and oxygen atoms in total. The standard InChI is InChI=1S/C24H20N4O/c1-19-11-13-22(14-12-19)25-18-26-24-10-6-5-9-23(24)21-15-27-28(16-21)29-17-20-7-3-2-4-8-20/h2-16H,17H2,1H3. The van der Waals surface area contributed by atoms with Gasteiger partial charge in [0.05, 0.1) is 23.8 Å². The number of hydrogen-bond donors (Lipinski definition) is 0. The van der Waals surface area contributed by atoms with Gasteiger partial charge in [0.1, 0.15) is 12.6 Å². The molecule has 0 aliphatic heterocycles. The Bertz CT molecular complexity index is 1140. The van der Waals surface area contributed by atoms with Crippen molar-refractivity contribution in [3.63, 3.8) is 0 Å². The van der Waals surface area contributed by atoms with Crippen LogP contribution < -0.4 is 4.84 Å². The minimum atomic E-state index is 0.449. The fourth-order valence-electron chi connectivity index (χ4n) is 2.80. The number of rotatable bonds is 6. The molecule has 0 bridgehead atoms. The van der Waals surface area contributed by atoms with Crippen molar-refractivity contribution in [1.29, 1.82) is 0 Å². The van der Waals surface area contributed by atoms with Crippen molar-refractivity contribution in [3.8, 4) is 11.1 Å². The molecule has 0 aliphatic rings. The van der Waals surface area contributed by atoms with Gasteiger partial charge in [0.2, 0.25) is 0 Å². The van der Waals surface area contributed by atoms with Gasteiger partial charge >= 0.3 is 0 Å². The van der Waals surface area contributed by atoms with E-state index in [1.165, 1.54) is 10.4 Å². The summed E-state index contributed by atoms with van der Waals surface area (Å²) in [5.74, 6) is 0. The molecule has 1 heterocycles. The Morgan fingerprint density at radius 1 is 0.897 bits per heavy atom. The normalized spacial score (nSPS) is 10.2. The van der Waals surface area contributed by atoms with E-state index >= 15 is 0 Å². The molecule has 4 rings (SSSR count). The third-order valence-corrected chi connectivity index (χ3v) is 4.37. The first-order chi connectivity index (χ1) is 14.3. The van der Waals surface area contributed by atoms with Gasteiger partial charge < -0.3 is 4.84 Å². The third kappa shape index (κ3) is 4.86. The number of aliphatic imine (C=N–C) groups is 2. The molecule has 0 saturated carbocycles. The molecule has 0 spiro atoms. The molecule has 1 aromatic heterocycles. The fraction of sp³-hybridized carbons (Fsp3) is 0.0833. The lowest BCUT2D eigenvalue weighted by Gasteiger charge is -2.04. The molecule has 5 heteroatoms. The molecular formula is C24H20N4O. The van der Waals surface area contributed by atoms with Crippen LogP contribution >= 0.6 is 0 Å². The van der Waals surface area contributed by atoms with E-state index < -0.39 is 0 Å². The number of aryl methyl sites for hydroxylation is 1. The number of aromatic nitrogens is 2. The highest BCUT2D eigenvalue weighted by molar-refractivity contribution is 5.77. The van der Waals surface area contributed by atoms with Crippen LogP contribution in [0.2, 0.25) is 0 Å². The van der Waals surface area contributed by atoms with E-state index in [1.807, 2.05) is 92.0 Å². The summed E-state index contributed by atoms with van der Waals surface area (Å²) in [4.78, 5) is 15.9. The van der Waals surface area contributed by atoms with Gasteiger partial charge in [-0.05, 0) is 30.7 Å². The van der Waals surface area contributed by atoms with Crippen molar-refractivity contribution in [2.45, 2.75) is 13.5 Å². The average molecular weight is 380 g/mol. The van der Waals surface area contributed by atoms with Crippen LogP contribution in [0.1, 0.15) is 11.1 Å². The highest BCUT2D eigenvalue weighted by Crippen LogP contribution is 2.29. The lowest BCUT2D eigenvalue weighted by molar-refractivity contribution is 0.0701. The summed E-state index contributed by atoms with van der Waals surface area (Å²) in [6.07, 6.45) is 3.60. The molecule has 0 radical (unpaired) electrons. The summed E-state index contributed by atoms with van der Waals surface area (Å²) in [6, 6.07) is 28.5. The van der Waals surface area contributed by atoms with E-state index in [-0.39, 0.29) is 0 Å². The minimum absolute atomic E-state index is 0.449. The number of benzene rings is 3. The summed E-state index contributed by atoms with van der Waals surface area (Å²) in [7, 11) is 0. The average Bonchev–Trinajstić information content (AvgIpc) is 3.24. The van der Waals surface area contributed by atoms with E-state index in [9.17, 15) is 0 Å². The van der Waals surface area contributed by atoms with Crippen LogP contribution in [0.3, 0.4) is 0 Å². The van der Waals surface area contributed by atoms with Gasteiger partial charge in [0.25, 0.3) is 0 Å². The highest BCUT2D eigenvalue weighted by atomic mass is 16.7. The van der Waals surface area contributed by atoms with Gasteiger partial charge in [0, 0.05) is 11.1 Å². The lowest BCUT2D eigenvalue weighted by atomic mass is 10.1. The van der Waals surface area contributed by atoms with Gasteiger partial charge in [-0.3, -0.25) is 0 Å². The van der Waals surface area contributed by atoms with Crippen LogP contribution in [0.5, 0.6) is 0 Å². The SMILES string of the molecule is Cc1ccc(N=C=Nc2ccccc2-c2cnn(OCc3ccccc3)c2)cc1. The maximum Gasteiger partial charge on any atom is 0.142 e. The Hall–Kier alpha value is -3.95. The van der Waals surface area contributed by atoms with Crippen LogP contribution in [0, 0.1) is 6.92 Å². The molecule has 0 unspecified atom stereocenters. The largest absolute Gasteiger partial charge is 0.392 e. The van der Waals surface area contributed by atoms with Gasteiger partial charge in [-0.15, -0.1) is 9.94 Å².